The fraction of sp³-hybridized carbons (Fsp3) is 0.667. The van der Waals surface area contributed by atoms with Crippen LogP contribution in [0, 0.1) is 47.3 Å². The number of aliphatic hydroxyl groups is 2. The molecule has 2 saturated carbocycles. The SMILES string of the molecule is O=C1[C@H]2C=C[C@@H]1[C@@H]1[C@@H]3C=C[C@@H]([C@@H](CO)[C@@H]3CO)[C@@H]12. The smallest absolute Gasteiger partial charge is 0.147 e. The van der Waals surface area contributed by atoms with Crippen LogP contribution >= 0.6 is 0 Å². The summed E-state index contributed by atoms with van der Waals surface area (Å²) in [6.45, 7) is 0.241. The number of hydrogen-bond donors (Lipinski definition) is 2. The van der Waals surface area contributed by atoms with Crippen molar-refractivity contribution in [3.8, 4) is 0 Å². The fourth-order valence-corrected chi connectivity index (χ4v) is 5.21. The minimum Gasteiger partial charge on any atom is -0.396 e. The van der Waals surface area contributed by atoms with Gasteiger partial charge in [0, 0.05) is 25.0 Å². The van der Waals surface area contributed by atoms with Crippen molar-refractivity contribution < 1.29 is 15.0 Å². The summed E-state index contributed by atoms with van der Waals surface area (Å²) >= 11 is 0. The highest BCUT2D eigenvalue weighted by molar-refractivity contribution is 5.92. The van der Waals surface area contributed by atoms with E-state index in [1.165, 1.54) is 0 Å². The monoisotopic (exact) mass is 246 g/mol. The molecular weight excluding hydrogens is 228 g/mol. The molecule has 5 aliphatic rings. The highest BCUT2D eigenvalue weighted by atomic mass is 16.3. The highest BCUT2D eigenvalue weighted by Crippen LogP contribution is 2.62. The molecule has 96 valence electrons. The summed E-state index contributed by atoms with van der Waals surface area (Å²) in [6, 6.07) is 0. The molecule has 0 spiro atoms. The van der Waals surface area contributed by atoms with Crippen molar-refractivity contribution in [1.29, 1.82) is 0 Å². The Hall–Kier alpha value is -0.930. The number of carbonyl (C=O) groups is 1. The molecule has 0 amide bonds. The van der Waals surface area contributed by atoms with Crippen molar-refractivity contribution in [1.82, 2.24) is 0 Å². The highest BCUT2D eigenvalue weighted by Gasteiger charge is 2.62. The minimum absolute atomic E-state index is 0.0751. The second kappa shape index (κ2) is 3.55. The third kappa shape index (κ3) is 1.06. The zero-order chi connectivity index (χ0) is 12.4. The van der Waals surface area contributed by atoms with E-state index in [2.05, 4.69) is 24.3 Å². The molecule has 0 aromatic rings. The zero-order valence-corrected chi connectivity index (χ0v) is 10.1. The molecule has 3 nitrogen and oxygen atoms in total. The van der Waals surface area contributed by atoms with Crippen molar-refractivity contribution in [2.24, 2.45) is 47.3 Å². The van der Waals surface area contributed by atoms with Gasteiger partial charge in [-0.05, 0) is 35.5 Å². The quantitative estimate of drug-likeness (QED) is 0.703. The van der Waals surface area contributed by atoms with Gasteiger partial charge in [-0.25, -0.2) is 0 Å². The number of carbonyl (C=O) groups excluding carboxylic acids is 1. The first kappa shape index (κ1) is 10.9. The van der Waals surface area contributed by atoms with Gasteiger partial charge in [-0.15, -0.1) is 0 Å². The van der Waals surface area contributed by atoms with E-state index in [1.807, 2.05) is 0 Å². The second-order valence-corrected chi connectivity index (χ2v) is 6.23. The predicted octanol–water partition coefficient (Wildman–Crippen LogP) is 0.636. The third-order valence-electron chi connectivity index (χ3n) is 5.86. The van der Waals surface area contributed by atoms with E-state index in [4.69, 9.17) is 0 Å². The zero-order valence-electron chi connectivity index (χ0n) is 10.1. The first-order chi connectivity index (χ1) is 8.77. The molecule has 8 atom stereocenters. The van der Waals surface area contributed by atoms with Crippen LogP contribution in [0.2, 0.25) is 0 Å². The molecule has 0 heterocycles. The normalized spacial score (nSPS) is 55.3. The lowest BCUT2D eigenvalue weighted by molar-refractivity contribution is -0.121. The van der Waals surface area contributed by atoms with E-state index in [1.54, 1.807) is 0 Å². The average molecular weight is 246 g/mol. The first-order valence-electron chi connectivity index (χ1n) is 6.90. The second-order valence-electron chi connectivity index (χ2n) is 6.23. The Labute approximate surface area is 106 Å². The Kier molecular flexibility index (Phi) is 2.16. The van der Waals surface area contributed by atoms with Crippen LogP contribution in [0.3, 0.4) is 0 Å². The number of fused-ring (bicyclic) bond motifs is 3. The van der Waals surface area contributed by atoms with E-state index in [0.29, 0.717) is 17.6 Å². The summed E-state index contributed by atoms with van der Waals surface area (Å²) in [5.41, 5.74) is 0. The number of allylic oxidation sites excluding steroid dienone is 4. The topological polar surface area (TPSA) is 57.5 Å². The molecule has 0 radical (unpaired) electrons. The number of rotatable bonds is 2. The molecule has 3 heteroatoms. The van der Waals surface area contributed by atoms with E-state index in [0.717, 1.165) is 0 Å². The van der Waals surface area contributed by atoms with Crippen LogP contribution in [0.25, 0.3) is 0 Å². The van der Waals surface area contributed by atoms with Gasteiger partial charge in [-0.3, -0.25) is 4.79 Å². The predicted molar refractivity (Wildman–Crippen MR) is 65.4 cm³/mol. The summed E-state index contributed by atoms with van der Waals surface area (Å²) in [5.74, 6) is 2.08. The molecule has 4 bridgehead atoms. The fourth-order valence-electron chi connectivity index (χ4n) is 5.21. The Morgan fingerprint density at radius 3 is 1.67 bits per heavy atom. The van der Waals surface area contributed by atoms with Crippen LogP contribution in [-0.2, 0) is 4.79 Å². The average Bonchev–Trinajstić information content (AvgIpc) is 2.93. The Bertz CT molecular complexity index is 415. The van der Waals surface area contributed by atoms with Crippen LogP contribution in [0.4, 0.5) is 0 Å². The van der Waals surface area contributed by atoms with Gasteiger partial charge >= 0.3 is 0 Å². The molecule has 5 aliphatic carbocycles. The summed E-state index contributed by atoms with van der Waals surface area (Å²) in [6.07, 6.45) is 8.54. The molecule has 18 heavy (non-hydrogen) atoms. The number of aliphatic hydroxyl groups excluding tert-OH is 2. The lowest BCUT2D eigenvalue weighted by Crippen LogP contribution is -2.51. The van der Waals surface area contributed by atoms with E-state index >= 15 is 0 Å². The Morgan fingerprint density at radius 2 is 1.28 bits per heavy atom. The molecule has 0 unspecified atom stereocenters. The largest absolute Gasteiger partial charge is 0.396 e. The van der Waals surface area contributed by atoms with Crippen molar-refractivity contribution in [3.63, 3.8) is 0 Å². The van der Waals surface area contributed by atoms with Gasteiger partial charge in [0.2, 0.25) is 0 Å². The van der Waals surface area contributed by atoms with Crippen LogP contribution in [0.5, 0.6) is 0 Å². The molecule has 0 aliphatic heterocycles. The van der Waals surface area contributed by atoms with Gasteiger partial charge in [0.1, 0.15) is 5.78 Å². The van der Waals surface area contributed by atoms with Crippen LogP contribution in [0.15, 0.2) is 24.3 Å². The maximum absolute atomic E-state index is 12.2. The summed E-state index contributed by atoms with van der Waals surface area (Å²) < 4.78 is 0. The van der Waals surface area contributed by atoms with Crippen molar-refractivity contribution in [2.45, 2.75) is 0 Å². The molecule has 2 N–H and O–H groups in total. The first-order valence-corrected chi connectivity index (χ1v) is 6.90. The van der Waals surface area contributed by atoms with Crippen molar-refractivity contribution in [3.05, 3.63) is 24.3 Å². The van der Waals surface area contributed by atoms with Gasteiger partial charge in [-0.1, -0.05) is 24.3 Å². The van der Waals surface area contributed by atoms with Gasteiger partial charge in [-0.2, -0.15) is 0 Å². The number of Topliss-reactive ketones (excluding diaryl/α,β-unsaturated/α-hetero) is 1. The minimum atomic E-state index is 0.0751. The van der Waals surface area contributed by atoms with Gasteiger partial charge < -0.3 is 10.2 Å². The lowest BCUT2D eigenvalue weighted by atomic mass is 9.51. The van der Waals surface area contributed by atoms with E-state index < -0.39 is 0 Å². The Morgan fingerprint density at radius 1 is 0.833 bits per heavy atom. The summed E-state index contributed by atoms with van der Waals surface area (Å²) in [5, 5.41) is 19.2. The summed E-state index contributed by atoms with van der Waals surface area (Å²) in [4.78, 5) is 12.2. The van der Waals surface area contributed by atoms with Gasteiger partial charge in [0.05, 0.1) is 0 Å². The lowest BCUT2D eigenvalue weighted by Gasteiger charge is -2.53. The maximum Gasteiger partial charge on any atom is 0.147 e. The Balaban J connectivity index is 1.80. The summed E-state index contributed by atoms with van der Waals surface area (Å²) in [7, 11) is 0. The van der Waals surface area contributed by atoms with E-state index in [9.17, 15) is 15.0 Å². The number of hydrogen-bond acceptors (Lipinski definition) is 3. The van der Waals surface area contributed by atoms with Crippen LogP contribution < -0.4 is 0 Å². The maximum atomic E-state index is 12.2. The van der Waals surface area contributed by atoms with Gasteiger partial charge in [0.15, 0.2) is 0 Å². The molecular formula is C15H18O3. The third-order valence-corrected chi connectivity index (χ3v) is 5.86. The van der Waals surface area contributed by atoms with E-state index in [-0.39, 0.29) is 48.7 Å². The van der Waals surface area contributed by atoms with Crippen LogP contribution in [-0.4, -0.2) is 29.2 Å². The number of ketones is 1. The molecule has 0 aromatic carbocycles. The van der Waals surface area contributed by atoms with Crippen molar-refractivity contribution in [2.75, 3.05) is 13.2 Å². The molecule has 0 saturated heterocycles. The molecule has 0 aromatic heterocycles. The van der Waals surface area contributed by atoms with Gasteiger partial charge in [0.25, 0.3) is 0 Å². The van der Waals surface area contributed by atoms with Crippen LogP contribution in [0.1, 0.15) is 0 Å². The molecule has 2 fully saturated rings. The van der Waals surface area contributed by atoms with Crippen molar-refractivity contribution >= 4 is 5.78 Å². The standard InChI is InChI=1S/C15H18O3/c16-5-11-7-1-2-8(12(11)6-17)14-10-4-3-9(13(7)14)15(10)18/h1-4,7-14,16-17H,5-6H2/t7-,8+,9-,10+,11-,12-,13+,14-/m1/s1. The molecule has 5 rings (SSSR count).